The highest BCUT2D eigenvalue weighted by Crippen LogP contribution is 2.72. The van der Waals surface area contributed by atoms with Crippen molar-refractivity contribution >= 4 is 17.9 Å². The van der Waals surface area contributed by atoms with Gasteiger partial charge < -0.3 is 43.0 Å². The van der Waals surface area contributed by atoms with Crippen LogP contribution in [0.1, 0.15) is 59.8 Å². The van der Waals surface area contributed by atoms with E-state index in [4.69, 9.17) is 37.9 Å². The molecule has 11 atom stereocenters. The first-order valence-electron chi connectivity index (χ1n) is 15.3. The van der Waals surface area contributed by atoms with Gasteiger partial charge in [0.25, 0.3) is 0 Å². The first-order chi connectivity index (χ1) is 20.5. The molecule has 43 heavy (non-hydrogen) atoms. The molecule has 0 amide bonds. The summed E-state index contributed by atoms with van der Waals surface area (Å²) in [7, 11) is 0. The molecular formula is C31H40O12. The molecular weight excluding hydrogens is 564 g/mol. The minimum atomic E-state index is -1.41. The van der Waals surface area contributed by atoms with E-state index in [2.05, 4.69) is 0 Å². The first kappa shape index (κ1) is 29.4. The highest BCUT2D eigenvalue weighted by Gasteiger charge is 2.84. The zero-order valence-electron chi connectivity index (χ0n) is 25.0. The van der Waals surface area contributed by atoms with E-state index in [0.29, 0.717) is 19.4 Å². The molecule has 4 saturated heterocycles. The number of fused-ring (bicyclic) bond motifs is 1. The number of carbonyl (C=O) groups excluding carboxylic acids is 3. The molecule has 5 aliphatic heterocycles. The third-order valence-electron chi connectivity index (χ3n) is 11.3. The van der Waals surface area contributed by atoms with Gasteiger partial charge in [0.15, 0.2) is 11.9 Å². The third-order valence-corrected chi connectivity index (χ3v) is 11.3. The predicted molar refractivity (Wildman–Crippen MR) is 144 cm³/mol. The van der Waals surface area contributed by atoms with Crippen LogP contribution in [0.4, 0.5) is 0 Å². The summed E-state index contributed by atoms with van der Waals surface area (Å²) in [6.45, 7) is 7.80. The number of carbonyl (C=O) groups is 3. The molecule has 12 heteroatoms. The lowest BCUT2D eigenvalue weighted by Crippen LogP contribution is -2.68. The number of rotatable bonds is 3. The average Bonchev–Trinajstić information content (AvgIpc) is 3.87. The van der Waals surface area contributed by atoms with Crippen LogP contribution in [-0.2, 0) is 52.3 Å². The van der Waals surface area contributed by atoms with Gasteiger partial charge in [-0.25, -0.2) is 9.59 Å². The SMILES string of the molecule is CCO[C@@]12CC/C=C\C(=O)O[C@@H]3C[C@H]4O[C@@H]5C=C(C)[C@@H](OC(C)=O)C[C@]5(COC(=O)[C@H]5O[C@]5(CCO1)[C@H]2O)[C@]3(C)[C@]41CO1. The Hall–Kier alpha value is -2.35. The van der Waals surface area contributed by atoms with E-state index in [1.807, 2.05) is 19.9 Å². The highest BCUT2D eigenvalue weighted by molar-refractivity contribution is 5.82. The molecule has 2 aliphatic carbocycles. The second kappa shape index (κ2) is 9.82. The molecule has 7 aliphatic rings. The third kappa shape index (κ3) is 3.99. The fraction of sp³-hybridized carbons (Fsp3) is 0.774. The van der Waals surface area contributed by atoms with Gasteiger partial charge in [-0.2, -0.15) is 0 Å². The molecule has 0 aromatic carbocycles. The number of cyclic esters (lactones) is 1. The second-order valence-electron chi connectivity index (χ2n) is 13.2. The average molecular weight is 605 g/mol. The van der Waals surface area contributed by atoms with Crippen LogP contribution in [0.15, 0.2) is 23.8 Å². The summed E-state index contributed by atoms with van der Waals surface area (Å²) >= 11 is 0. The number of epoxide rings is 2. The Kier molecular flexibility index (Phi) is 6.71. The first-order valence-corrected chi connectivity index (χ1v) is 15.3. The smallest absolute Gasteiger partial charge is 0.338 e. The molecule has 5 fully saturated rings. The van der Waals surface area contributed by atoms with Crippen LogP contribution < -0.4 is 0 Å². The maximum atomic E-state index is 13.7. The Labute approximate surface area is 249 Å². The van der Waals surface area contributed by atoms with E-state index >= 15 is 0 Å². The molecule has 0 aromatic heterocycles. The molecule has 0 unspecified atom stereocenters. The Bertz CT molecular complexity index is 1270. The summed E-state index contributed by atoms with van der Waals surface area (Å²) in [5.74, 6) is -2.99. The number of hydrogen-bond donors (Lipinski definition) is 1. The second-order valence-corrected chi connectivity index (χ2v) is 13.2. The van der Waals surface area contributed by atoms with Crippen molar-refractivity contribution in [3.63, 3.8) is 0 Å². The minimum Gasteiger partial charge on any atom is -0.463 e. The molecule has 0 radical (unpaired) electrons. The molecule has 0 aromatic rings. The summed E-state index contributed by atoms with van der Waals surface area (Å²) in [6, 6.07) is 0. The maximum absolute atomic E-state index is 13.7. The topological polar surface area (TPSA) is 152 Å². The molecule has 236 valence electrons. The predicted octanol–water partition coefficient (Wildman–Crippen LogP) is 1.66. The van der Waals surface area contributed by atoms with Crippen molar-refractivity contribution in [2.24, 2.45) is 10.8 Å². The van der Waals surface area contributed by atoms with Crippen molar-refractivity contribution in [3.05, 3.63) is 23.8 Å². The largest absolute Gasteiger partial charge is 0.463 e. The van der Waals surface area contributed by atoms with Gasteiger partial charge >= 0.3 is 17.9 Å². The van der Waals surface area contributed by atoms with Gasteiger partial charge in [0.1, 0.15) is 36.1 Å². The zero-order chi connectivity index (χ0) is 30.4. The minimum absolute atomic E-state index is 0.130. The van der Waals surface area contributed by atoms with E-state index in [1.165, 1.54) is 13.0 Å². The van der Waals surface area contributed by atoms with Crippen molar-refractivity contribution in [2.75, 3.05) is 26.4 Å². The van der Waals surface area contributed by atoms with E-state index in [9.17, 15) is 19.5 Å². The Morgan fingerprint density at radius 1 is 1.16 bits per heavy atom. The number of aliphatic hydroxyl groups is 1. The monoisotopic (exact) mass is 604 g/mol. The molecule has 1 saturated carbocycles. The van der Waals surface area contributed by atoms with Crippen molar-refractivity contribution in [2.45, 2.75) is 113 Å². The van der Waals surface area contributed by atoms with Gasteiger partial charge in [0.2, 0.25) is 0 Å². The number of allylic oxidation sites excluding steroid dienone is 1. The van der Waals surface area contributed by atoms with Gasteiger partial charge in [0, 0.05) is 45.3 Å². The number of ether oxygens (including phenoxy) is 8. The van der Waals surface area contributed by atoms with Gasteiger partial charge in [-0.1, -0.05) is 19.1 Å². The molecule has 3 spiro atoms. The standard InChI is InChI=1S/C31H40O12/c1-5-37-31-9-7-6-8-23(33)42-20-13-22-30(16-39-30)27(20,4)28(14-19(40-18(3)32)17(2)12-21(28)41-22)15-36-25(34)24-29(43-24,26(31)35)10-11-38-31/h6,8,12,19-22,24,26,35H,5,7,9-11,13-16H2,1-4H3/b8-6-/t19-,20+,21+,22+,24+,26+,27+,28+,29-,30-,31-/m0/s1. The molecule has 7 rings (SSSR count). The fourth-order valence-corrected chi connectivity index (χ4v) is 8.83. The summed E-state index contributed by atoms with van der Waals surface area (Å²) in [4.78, 5) is 39.1. The van der Waals surface area contributed by atoms with Crippen LogP contribution in [0.3, 0.4) is 0 Å². The maximum Gasteiger partial charge on any atom is 0.338 e. The lowest BCUT2D eigenvalue weighted by molar-refractivity contribution is -0.316. The summed E-state index contributed by atoms with van der Waals surface area (Å²) < 4.78 is 48.7. The lowest BCUT2D eigenvalue weighted by atomic mass is 9.51. The van der Waals surface area contributed by atoms with Gasteiger partial charge in [-0.3, -0.25) is 4.79 Å². The van der Waals surface area contributed by atoms with Gasteiger partial charge in [-0.15, -0.1) is 0 Å². The van der Waals surface area contributed by atoms with E-state index in [1.54, 1.807) is 13.0 Å². The molecule has 12 nitrogen and oxygen atoms in total. The van der Waals surface area contributed by atoms with Crippen LogP contribution in [0.2, 0.25) is 0 Å². The van der Waals surface area contributed by atoms with E-state index in [0.717, 1.165) is 5.57 Å². The molecule has 5 heterocycles. The Morgan fingerprint density at radius 2 is 1.95 bits per heavy atom. The quantitative estimate of drug-likeness (QED) is 0.216. The van der Waals surface area contributed by atoms with E-state index < -0.39 is 76.2 Å². The summed E-state index contributed by atoms with van der Waals surface area (Å²) in [5.41, 5.74) is -2.96. The van der Waals surface area contributed by atoms with Crippen molar-refractivity contribution in [3.8, 4) is 0 Å². The lowest BCUT2D eigenvalue weighted by Gasteiger charge is -2.59. The normalized spacial score (nSPS) is 50.9. The van der Waals surface area contributed by atoms with Crippen LogP contribution in [0, 0.1) is 10.8 Å². The number of hydrogen-bond acceptors (Lipinski definition) is 12. The Balaban J connectivity index is 1.30. The van der Waals surface area contributed by atoms with Gasteiger partial charge in [-0.05, 0) is 25.8 Å². The summed E-state index contributed by atoms with van der Waals surface area (Å²) in [5, 5.41) is 11.5. The zero-order valence-corrected chi connectivity index (χ0v) is 25.0. The van der Waals surface area contributed by atoms with Crippen LogP contribution in [0.5, 0.6) is 0 Å². The van der Waals surface area contributed by atoms with Crippen LogP contribution in [-0.4, -0.2) is 103 Å². The number of aliphatic hydroxyl groups excluding tert-OH is 1. The van der Waals surface area contributed by atoms with Gasteiger partial charge in [0.05, 0.1) is 36.3 Å². The molecule has 1 N–H and O–H groups in total. The number of esters is 3. The highest BCUT2D eigenvalue weighted by atomic mass is 16.7. The fourth-order valence-electron chi connectivity index (χ4n) is 8.83. The Morgan fingerprint density at radius 3 is 2.67 bits per heavy atom. The van der Waals surface area contributed by atoms with Crippen molar-refractivity contribution < 1.29 is 57.4 Å². The summed E-state index contributed by atoms with van der Waals surface area (Å²) in [6.07, 6.45) is 2.19. The van der Waals surface area contributed by atoms with E-state index in [-0.39, 0.29) is 45.2 Å². The van der Waals surface area contributed by atoms with Crippen molar-refractivity contribution in [1.29, 1.82) is 0 Å². The van der Waals surface area contributed by atoms with Crippen LogP contribution >= 0.6 is 0 Å². The van der Waals surface area contributed by atoms with Crippen LogP contribution in [0.25, 0.3) is 0 Å². The molecule has 4 bridgehead atoms. The van der Waals surface area contributed by atoms with Crippen molar-refractivity contribution in [1.82, 2.24) is 0 Å².